The second kappa shape index (κ2) is 6.48. The van der Waals surface area contributed by atoms with Gasteiger partial charge in [-0.3, -0.25) is 24.8 Å². The lowest BCUT2D eigenvalue weighted by Gasteiger charge is -2.15. The molecule has 2 aromatic carbocycles. The van der Waals surface area contributed by atoms with Gasteiger partial charge in [0.2, 0.25) is 0 Å². The van der Waals surface area contributed by atoms with Gasteiger partial charge in [0, 0.05) is 16.0 Å². The monoisotopic (exact) mass is 379 g/mol. The SMILES string of the molecule is CCc1nc2ccccc2c2c1C(=O)N(NC(=O)c1ccc(Cl)cc1)C2=O. The third-order valence-corrected chi connectivity index (χ3v) is 4.71. The quantitative estimate of drug-likeness (QED) is 0.707. The van der Waals surface area contributed by atoms with E-state index in [0.717, 1.165) is 5.01 Å². The second-order valence-electron chi connectivity index (χ2n) is 6.07. The normalized spacial score (nSPS) is 13.2. The minimum atomic E-state index is -0.576. The number of nitrogens with one attached hydrogen (secondary N) is 1. The van der Waals surface area contributed by atoms with Crippen molar-refractivity contribution in [3.8, 4) is 0 Å². The summed E-state index contributed by atoms with van der Waals surface area (Å²) < 4.78 is 0. The molecule has 3 amide bonds. The van der Waals surface area contributed by atoms with E-state index >= 15 is 0 Å². The second-order valence-corrected chi connectivity index (χ2v) is 6.51. The lowest BCUT2D eigenvalue weighted by molar-refractivity contribution is 0.0518. The highest BCUT2D eigenvalue weighted by Gasteiger charge is 2.40. The maximum Gasteiger partial charge on any atom is 0.282 e. The van der Waals surface area contributed by atoms with Crippen LogP contribution in [0.25, 0.3) is 10.9 Å². The Bertz CT molecular complexity index is 1110. The molecule has 0 saturated heterocycles. The fraction of sp³-hybridized carbons (Fsp3) is 0.100. The van der Waals surface area contributed by atoms with Crippen LogP contribution in [0.4, 0.5) is 0 Å². The number of rotatable bonds is 3. The molecule has 6 nitrogen and oxygen atoms in total. The average Bonchev–Trinajstić information content (AvgIpc) is 2.93. The predicted molar refractivity (Wildman–Crippen MR) is 101 cm³/mol. The van der Waals surface area contributed by atoms with E-state index in [9.17, 15) is 14.4 Å². The smallest absolute Gasteiger partial charge is 0.267 e. The Morgan fingerprint density at radius 2 is 1.70 bits per heavy atom. The Hall–Kier alpha value is -3.25. The summed E-state index contributed by atoms with van der Waals surface area (Å²) in [5, 5.41) is 1.83. The highest BCUT2D eigenvalue weighted by Crippen LogP contribution is 2.31. The number of aryl methyl sites for hydroxylation is 1. The van der Waals surface area contributed by atoms with Gasteiger partial charge in [0.25, 0.3) is 17.7 Å². The number of hydrazine groups is 1. The van der Waals surface area contributed by atoms with Crippen molar-refractivity contribution in [2.75, 3.05) is 0 Å². The van der Waals surface area contributed by atoms with Crippen molar-refractivity contribution >= 4 is 40.2 Å². The zero-order valence-corrected chi connectivity index (χ0v) is 15.1. The van der Waals surface area contributed by atoms with Crippen molar-refractivity contribution in [3.63, 3.8) is 0 Å². The van der Waals surface area contributed by atoms with Gasteiger partial charge >= 0.3 is 0 Å². The number of para-hydroxylation sites is 1. The number of fused-ring (bicyclic) bond motifs is 3. The van der Waals surface area contributed by atoms with Crippen LogP contribution in [0.5, 0.6) is 0 Å². The minimum Gasteiger partial charge on any atom is -0.267 e. The Balaban J connectivity index is 1.76. The number of hydrogen-bond acceptors (Lipinski definition) is 4. The summed E-state index contributed by atoms with van der Waals surface area (Å²) in [7, 11) is 0. The molecule has 1 N–H and O–H groups in total. The minimum absolute atomic E-state index is 0.248. The fourth-order valence-corrected chi connectivity index (χ4v) is 3.28. The maximum atomic E-state index is 13.0. The third-order valence-electron chi connectivity index (χ3n) is 4.46. The number of hydrogen-bond donors (Lipinski definition) is 1. The number of aromatic nitrogens is 1. The van der Waals surface area contributed by atoms with E-state index in [1.165, 1.54) is 12.1 Å². The van der Waals surface area contributed by atoms with Gasteiger partial charge in [0.1, 0.15) is 0 Å². The van der Waals surface area contributed by atoms with Crippen molar-refractivity contribution < 1.29 is 14.4 Å². The number of carbonyl (C=O) groups is 3. The number of pyridine rings is 1. The lowest BCUT2D eigenvalue weighted by Crippen LogP contribution is -2.45. The van der Waals surface area contributed by atoms with Gasteiger partial charge in [-0.25, -0.2) is 0 Å². The van der Waals surface area contributed by atoms with Gasteiger partial charge < -0.3 is 0 Å². The van der Waals surface area contributed by atoms with Crippen LogP contribution in [0.15, 0.2) is 48.5 Å². The molecule has 1 aliphatic rings. The Morgan fingerprint density at radius 1 is 1.04 bits per heavy atom. The Kier molecular flexibility index (Phi) is 4.12. The highest BCUT2D eigenvalue weighted by molar-refractivity contribution is 6.30. The first-order valence-corrected chi connectivity index (χ1v) is 8.76. The predicted octanol–water partition coefficient (Wildman–Crippen LogP) is 3.39. The van der Waals surface area contributed by atoms with Crippen LogP contribution in [-0.2, 0) is 6.42 Å². The number of imide groups is 1. The van der Waals surface area contributed by atoms with Crippen LogP contribution in [-0.4, -0.2) is 27.7 Å². The molecule has 3 aromatic rings. The van der Waals surface area contributed by atoms with Crippen molar-refractivity contribution in [1.82, 2.24) is 15.4 Å². The molecule has 27 heavy (non-hydrogen) atoms. The summed E-state index contributed by atoms with van der Waals surface area (Å²) in [5.41, 5.74) is 4.38. The first kappa shape index (κ1) is 17.2. The van der Waals surface area contributed by atoms with Gasteiger partial charge in [-0.15, -0.1) is 0 Å². The van der Waals surface area contributed by atoms with Gasteiger partial charge in [-0.2, -0.15) is 5.01 Å². The van der Waals surface area contributed by atoms with E-state index in [1.807, 2.05) is 13.0 Å². The molecule has 1 aliphatic heterocycles. The molecule has 1 aromatic heterocycles. The molecule has 0 saturated carbocycles. The first-order chi connectivity index (χ1) is 13.0. The third kappa shape index (κ3) is 2.74. The van der Waals surface area contributed by atoms with E-state index in [-0.39, 0.29) is 16.7 Å². The molecular weight excluding hydrogens is 366 g/mol. The molecule has 7 heteroatoms. The van der Waals surface area contributed by atoms with Crippen LogP contribution in [0, 0.1) is 0 Å². The number of halogens is 1. The number of amides is 3. The van der Waals surface area contributed by atoms with E-state index in [0.29, 0.717) is 28.0 Å². The Labute approximate surface area is 159 Å². The molecule has 0 aliphatic carbocycles. The number of benzene rings is 2. The van der Waals surface area contributed by atoms with Crippen molar-refractivity contribution in [3.05, 3.63) is 75.9 Å². The van der Waals surface area contributed by atoms with Crippen molar-refractivity contribution in [2.24, 2.45) is 0 Å². The molecule has 0 bridgehead atoms. The lowest BCUT2D eigenvalue weighted by atomic mass is 10.0. The summed E-state index contributed by atoms with van der Waals surface area (Å²) in [6.07, 6.45) is 0.491. The average molecular weight is 380 g/mol. The van der Waals surface area contributed by atoms with Crippen molar-refractivity contribution in [1.29, 1.82) is 0 Å². The zero-order chi connectivity index (χ0) is 19.1. The Morgan fingerprint density at radius 3 is 2.41 bits per heavy atom. The van der Waals surface area contributed by atoms with E-state index < -0.39 is 17.7 Å². The van der Waals surface area contributed by atoms with Crippen LogP contribution in [0.1, 0.15) is 43.7 Å². The van der Waals surface area contributed by atoms with E-state index in [4.69, 9.17) is 11.6 Å². The summed E-state index contributed by atoms with van der Waals surface area (Å²) in [6.45, 7) is 1.87. The van der Waals surface area contributed by atoms with Crippen LogP contribution >= 0.6 is 11.6 Å². The highest BCUT2D eigenvalue weighted by atomic mass is 35.5. The topological polar surface area (TPSA) is 79.4 Å². The molecule has 4 rings (SSSR count). The molecule has 0 spiro atoms. The zero-order valence-electron chi connectivity index (χ0n) is 14.3. The van der Waals surface area contributed by atoms with Crippen LogP contribution < -0.4 is 5.43 Å². The first-order valence-electron chi connectivity index (χ1n) is 8.38. The number of nitrogens with zero attached hydrogens (tertiary/aromatic N) is 2. The molecule has 0 unspecified atom stereocenters. The van der Waals surface area contributed by atoms with Gasteiger partial charge in [-0.1, -0.05) is 36.7 Å². The molecule has 134 valence electrons. The maximum absolute atomic E-state index is 13.0. The summed E-state index contributed by atoms with van der Waals surface area (Å²) >= 11 is 5.83. The summed E-state index contributed by atoms with van der Waals surface area (Å²) in [5.74, 6) is -1.71. The summed E-state index contributed by atoms with van der Waals surface area (Å²) in [4.78, 5) is 42.8. The molecule has 2 heterocycles. The van der Waals surface area contributed by atoms with Gasteiger partial charge in [0.15, 0.2) is 0 Å². The van der Waals surface area contributed by atoms with Crippen LogP contribution in [0.3, 0.4) is 0 Å². The summed E-state index contributed by atoms with van der Waals surface area (Å²) in [6, 6.07) is 13.3. The molecule has 0 radical (unpaired) electrons. The van der Waals surface area contributed by atoms with Crippen molar-refractivity contribution in [2.45, 2.75) is 13.3 Å². The largest absolute Gasteiger partial charge is 0.282 e. The van der Waals surface area contributed by atoms with E-state index in [2.05, 4.69) is 10.4 Å². The molecular formula is C20H14ClN3O3. The van der Waals surface area contributed by atoms with Crippen LogP contribution in [0.2, 0.25) is 5.02 Å². The van der Waals surface area contributed by atoms with E-state index in [1.54, 1.807) is 30.3 Å². The van der Waals surface area contributed by atoms with Gasteiger partial charge in [0.05, 0.1) is 22.3 Å². The molecule has 0 atom stereocenters. The van der Waals surface area contributed by atoms with Gasteiger partial charge in [-0.05, 0) is 36.8 Å². The standard InChI is InChI=1S/C20H14ClN3O3/c1-2-14-17-16(13-5-3-4-6-15(13)22-14)19(26)24(20(17)27)23-18(25)11-7-9-12(21)10-8-11/h3-10H,2H2,1H3,(H,23,25). The number of carbonyl (C=O) groups excluding carboxylic acids is 3. The fourth-order valence-electron chi connectivity index (χ4n) is 3.16. The molecule has 0 fully saturated rings.